The summed E-state index contributed by atoms with van der Waals surface area (Å²) in [5.74, 6) is 1.16. The molecule has 0 bridgehead atoms. The van der Waals surface area contributed by atoms with Gasteiger partial charge in [0, 0.05) is 18.5 Å². The van der Waals surface area contributed by atoms with Gasteiger partial charge in [0.15, 0.2) is 0 Å². The Morgan fingerprint density at radius 1 is 1.42 bits per heavy atom. The molecule has 2 heterocycles. The molecule has 0 amide bonds. The first kappa shape index (κ1) is 19.8. The van der Waals surface area contributed by atoms with Crippen molar-refractivity contribution in [3.05, 3.63) is 22.7 Å². The molecule has 5 nitrogen and oxygen atoms in total. The fourth-order valence-corrected chi connectivity index (χ4v) is 4.74. The molecule has 2 aliphatic rings. The van der Waals surface area contributed by atoms with Crippen molar-refractivity contribution in [2.75, 3.05) is 19.6 Å². The van der Waals surface area contributed by atoms with Crippen molar-refractivity contribution < 1.29 is 13.2 Å². The predicted octanol–water partition coefficient (Wildman–Crippen LogP) is 2.75. The van der Waals surface area contributed by atoms with E-state index < -0.39 is 10.0 Å². The highest BCUT2D eigenvalue weighted by Gasteiger charge is 2.26. The van der Waals surface area contributed by atoms with Crippen molar-refractivity contribution in [1.82, 2.24) is 10.0 Å². The van der Waals surface area contributed by atoms with E-state index in [9.17, 15) is 8.42 Å². The quantitative estimate of drug-likeness (QED) is 0.805. The number of hydrogen-bond donors (Lipinski definition) is 2. The highest BCUT2D eigenvalue weighted by atomic mass is 35.5. The molecule has 1 aromatic carbocycles. The monoisotopic (exact) mass is 394 g/mol. The van der Waals surface area contributed by atoms with Crippen LogP contribution < -0.4 is 14.8 Å². The van der Waals surface area contributed by atoms with Crippen LogP contribution in [0.25, 0.3) is 0 Å². The van der Waals surface area contributed by atoms with Crippen LogP contribution in [0, 0.1) is 5.92 Å². The molecule has 8 heteroatoms. The summed E-state index contributed by atoms with van der Waals surface area (Å²) in [6, 6.07) is 3.15. The third kappa shape index (κ3) is 4.55. The Morgan fingerprint density at radius 2 is 2.21 bits per heavy atom. The molecule has 2 atom stereocenters. The molecule has 3 rings (SSSR count). The Kier molecular flexibility index (Phi) is 6.79. The number of sulfonamides is 1. The van der Waals surface area contributed by atoms with Crippen LogP contribution in [0.5, 0.6) is 5.75 Å². The van der Waals surface area contributed by atoms with Gasteiger partial charge in [-0.1, -0.05) is 11.6 Å². The smallest absolute Gasteiger partial charge is 0.240 e. The minimum Gasteiger partial charge on any atom is -0.489 e. The largest absolute Gasteiger partial charge is 0.489 e. The van der Waals surface area contributed by atoms with E-state index in [1.54, 1.807) is 6.07 Å². The zero-order chi connectivity index (χ0) is 16.4. The number of hydrogen-bond acceptors (Lipinski definition) is 4. The molecule has 1 fully saturated rings. The first-order valence-corrected chi connectivity index (χ1v) is 10.0. The molecule has 2 aliphatic heterocycles. The molecule has 24 heavy (non-hydrogen) atoms. The van der Waals surface area contributed by atoms with Gasteiger partial charge in [0.05, 0.1) is 9.92 Å². The summed E-state index contributed by atoms with van der Waals surface area (Å²) in [5.41, 5.74) is 0.863. The van der Waals surface area contributed by atoms with E-state index in [0.717, 1.165) is 37.9 Å². The number of piperidine rings is 1. The van der Waals surface area contributed by atoms with Crippen LogP contribution in [0.4, 0.5) is 0 Å². The van der Waals surface area contributed by atoms with E-state index in [-0.39, 0.29) is 23.4 Å². The van der Waals surface area contributed by atoms with Crippen molar-refractivity contribution in [2.45, 2.75) is 43.6 Å². The molecule has 0 radical (unpaired) electrons. The summed E-state index contributed by atoms with van der Waals surface area (Å²) < 4.78 is 33.3. The SMILES string of the molecule is CC1Cc2cc(S(=O)(=O)NCCC3CCCNC3)cc(Cl)c2O1.Cl. The topological polar surface area (TPSA) is 67.4 Å². The van der Waals surface area contributed by atoms with Gasteiger partial charge in [0.25, 0.3) is 0 Å². The maximum atomic E-state index is 12.5. The van der Waals surface area contributed by atoms with Crippen LogP contribution in [0.3, 0.4) is 0 Å². The summed E-state index contributed by atoms with van der Waals surface area (Å²) >= 11 is 6.18. The van der Waals surface area contributed by atoms with Gasteiger partial charge in [-0.05, 0) is 57.3 Å². The Morgan fingerprint density at radius 3 is 2.92 bits per heavy atom. The molecular weight excluding hydrogens is 371 g/mol. The summed E-state index contributed by atoms with van der Waals surface area (Å²) in [6.07, 6.45) is 3.90. The van der Waals surface area contributed by atoms with Crippen molar-refractivity contribution >= 4 is 34.0 Å². The molecule has 2 unspecified atom stereocenters. The van der Waals surface area contributed by atoms with Crippen molar-refractivity contribution in [3.63, 3.8) is 0 Å². The van der Waals surface area contributed by atoms with Crippen molar-refractivity contribution in [3.8, 4) is 5.75 Å². The zero-order valence-electron chi connectivity index (χ0n) is 13.7. The lowest BCUT2D eigenvalue weighted by Gasteiger charge is -2.22. The Hall–Kier alpha value is -0.530. The lowest BCUT2D eigenvalue weighted by molar-refractivity contribution is 0.255. The third-order valence-corrected chi connectivity index (χ3v) is 6.20. The van der Waals surface area contributed by atoms with Crippen LogP contribution in [0.2, 0.25) is 5.02 Å². The van der Waals surface area contributed by atoms with Gasteiger partial charge in [-0.25, -0.2) is 13.1 Å². The van der Waals surface area contributed by atoms with E-state index >= 15 is 0 Å². The molecule has 0 aromatic heterocycles. The van der Waals surface area contributed by atoms with Crippen LogP contribution in [-0.2, 0) is 16.4 Å². The Bertz CT molecular complexity index is 676. The third-order valence-electron chi connectivity index (χ3n) is 4.47. The second-order valence-electron chi connectivity index (χ2n) is 6.42. The number of rotatable bonds is 5. The second kappa shape index (κ2) is 8.23. The molecule has 0 saturated carbocycles. The van der Waals surface area contributed by atoms with Crippen LogP contribution in [-0.4, -0.2) is 34.2 Å². The molecule has 0 spiro atoms. The summed E-state index contributed by atoms with van der Waals surface area (Å²) in [7, 11) is -3.53. The van der Waals surface area contributed by atoms with Crippen molar-refractivity contribution in [2.24, 2.45) is 5.92 Å². The lowest BCUT2D eigenvalue weighted by atomic mass is 9.96. The molecule has 0 aliphatic carbocycles. The lowest BCUT2D eigenvalue weighted by Crippen LogP contribution is -2.33. The van der Waals surface area contributed by atoms with E-state index in [4.69, 9.17) is 16.3 Å². The minimum atomic E-state index is -3.53. The van der Waals surface area contributed by atoms with Crippen molar-refractivity contribution in [1.29, 1.82) is 0 Å². The fraction of sp³-hybridized carbons (Fsp3) is 0.625. The minimum absolute atomic E-state index is 0. The van der Waals surface area contributed by atoms with Gasteiger partial charge in [0.1, 0.15) is 11.9 Å². The standard InChI is InChI=1S/C16H23ClN2O3S.ClH/c1-11-7-13-8-14(9-15(17)16(13)22-11)23(20,21)19-6-4-12-3-2-5-18-10-12;/h8-9,11-12,18-19H,2-7,10H2,1H3;1H. The Balaban J connectivity index is 0.00000208. The molecule has 1 aromatic rings. The molecule has 2 N–H and O–H groups in total. The van der Waals surface area contributed by atoms with Gasteiger partial charge < -0.3 is 10.1 Å². The van der Waals surface area contributed by atoms with Gasteiger partial charge in [-0.15, -0.1) is 12.4 Å². The number of nitrogens with one attached hydrogen (secondary N) is 2. The Labute approximate surface area is 154 Å². The van der Waals surface area contributed by atoms with E-state index in [1.807, 2.05) is 6.92 Å². The first-order chi connectivity index (χ1) is 11.0. The molecule has 136 valence electrons. The molecule has 1 saturated heterocycles. The van der Waals surface area contributed by atoms with Gasteiger partial charge in [-0.3, -0.25) is 0 Å². The van der Waals surface area contributed by atoms with Gasteiger partial charge >= 0.3 is 0 Å². The van der Waals surface area contributed by atoms with Gasteiger partial charge in [0.2, 0.25) is 10.0 Å². The number of halogens is 2. The average molecular weight is 395 g/mol. The predicted molar refractivity (Wildman–Crippen MR) is 97.9 cm³/mol. The highest BCUT2D eigenvalue weighted by molar-refractivity contribution is 7.89. The van der Waals surface area contributed by atoms with Crippen LogP contribution >= 0.6 is 24.0 Å². The average Bonchev–Trinajstić information content (AvgIpc) is 2.89. The first-order valence-electron chi connectivity index (χ1n) is 8.15. The van der Waals surface area contributed by atoms with Crippen LogP contribution in [0.1, 0.15) is 31.7 Å². The second-order valence-corrected chi connectivity index (χ2v) is 8.60. The van der Waals surface area contributed by atoms with Gasteiger partial charge in [-0.2, -0.15) is 0 Å². The van der Waals surface area contributed by atoms with E-state index in [1.165, 1.54) is 6.07 Å². The maximum absolute atomic E-state index is 12.5. The van der Waals surface area contributed by atoms with E-state index in [0.29, 0.717) is 29.7 Å². The number of fused-ring (bicyclic) bond motifs is 1. The number of ether oxygens (including phenoxy) is 1. The zero-order valence-corrected chi connectivity index (χ0v) is 16.1. The van der Waals surface area contributed by atoms with Crippen LogP contribution in [0.15, 0.2) is 17.0 Å². The normalized spacial score (nSPS) is 23.2. The number of benzene rings is 1. The molecular formula is C16H24Cl2N2O3S. The fourth-order valence-electron chi connectivity index (χ4n) is 3.27. The highest BCUT2D eigenvalue weighted by Crippen LogP contribution is 2.37. The maximum Gasteiger partial charge on any atom is 0.240 e. The summed E-state index contributed by atoms with van der Waals surface area (Å²) in [4.78, 5) is 0.223. The van der Waals surface area contributed by atoms with E-state index in [2.05, 4.69) is 10.0 Å². The summed E-state index contributed by atoms with van der Waals surface area (Å²) in [6.45, 7) is 4.44. The summed E-state index contributed by atoms with van der Waals surface area (Å²) in [5, 5.41) is 3.71.